The van der Waals surface area contributed by atoms with Crippen LogP contribution in [0.3, 0.4) is 0 Å². The number of hydrogen-bond donors (Lipinski definition) is 2. The van der Waals surface area contributed by atoms with E-state index in [1.807, 2.05) is 37.3 Å². The Morgan fingerprint density at radius 2 is 1.93 bits per heavy atom. The molecule has 0 bridgehead atoms. The number of rotatable bonds is 8. The molecule has 1 saturated heterocycles. The van der Waals surface area contributed by atoms with Gasteiger partial charge in [-0.25, -0.2) is 0 Å². The van der Waals surface area contributed by atoms with Crippen molar-refractivity contribution in [1.82, 2.24) is 15.5 Å². The van der Waals surface area contributed by atoms with E-state index in [0.29, 0.717) is 12.6 Å². The van der Waals surface area contributed by atoms with Crippen LogP contribution in [-0.2, 0) is 0 Å². The Morgan fingerprint density at radius 1 is 1.30 bits per heavy atom. The van der Waals surface area contributed by atoms with Crippen LogP contribution in [-0.4, -0.2) is 63.3 Å². The van der Waals surface area contributed by atoms with Gasteiger partial charge in [-0.05, 0) is 44.0 Å². The summed E-state index contributed by atoms with van der Waals surface area (Å²) in [6, 6.07) is 8.09. The first-order chi connectivity index (χ1) is 12.6. The zero-order chi connectivity index (χ0) is 18.8. The van der Waals surface area contributed by atoms with E-state index in [0.717, 1.165) is 49.9 Å². The van der Waals surface area contributed by atoms with Crippen LogP contribution >= 0.6 is 24.0 Å². The smallest absolute Gasteiger partial charge is 0.191 e. The van der Waals surface area contributed by atoms with Crippen LogP contribution in [0.4, 0.5) is 0 Å². The molecule has 152 valence electrons. The molecule has 0 amide bonds. The lowest BCUT2D eigenvalue weighted by molar-refractivity contribution is 0.218. The average Bonchev–Trinajstić information content (AvgIpc) is 2.67. The largest absolute Gasteiger partial charge is 0.497 e. The Hall–Kier alpha value is -1.48. The summed E-state index contributed by atoms with van der Waals surface area (Å²) in [5, 5.41) is 6.87. The second-order valence-corrected chi connectivity index (χ2v) is 6.57. The highest BCUT2D eigenvalue weighted by Crippen LogP contribution is 2.18. The van der Waals surface area contributed by atoms with Gasteiger partial charge in [0.1, 0.15) is 17.6 Å². The molecule has 0 radical (unpaired) electrons. The maximum Gasteiger partial charge on any atom is 0.191 e. The molecular formula is C20H33IN4O2. The number of nitrogens with one attached hydrogen (secondary N) is 2. The SMILES string of the molecule is C=CCN1CCC(NC(=NC)NCC(C)Oc2ccc(OC)cc2)CC1.I. The number of likely N-dealkylation sites (tertiary alicyclic amines) is 1. The Bertz CT molecular complexity index is 572. The highest BCUT2D eigenvalue weighted by atomic mass is 127. The molecule has 0 spiro atoms. The Balaban J connectivity index is 0.00000364. The Labute approximate surface area is 180 Å². The summed E-state index contributed by atoms with van der Waals surface area (Å²) in [5.74, 6) is 2.49. The van der Waals surface area contributed by atoms with E-state index in [1.165, 1.54) is 0 Å². The molecule has 1 unspecified atom stereocenters. The third kappa shape index (κ3) is 8.38. The zero-order valence-corrected chi connectivity index (χ0v) is 18.9. The lowest BCUT2D eigenvalue weighted by atomic mass is 10.1. The van der Waals surface area contributed by atoms with E-state index in [-0.39, 0.29) is 30.1 Å². The van der Waals surface area contributed by atoms with Gasteiger partial charge in [0.05, 0.1) is 13.7 Å². The van der Waals surface area contributed by atoms with Gasteiger partial charge >= 0.3 is 0 Å². The van der Waals surface area contributed by atoms with Crippen molar-refractivity contribution in [3.05, 3.63) is 36.9 Å². The molecule has 1 fully saturated rings. The van der Waals surface area contributed by atoms with Gasteiger partial charge < -0.3 is 20.1 Å². The fraction of sp³-hybridized carbons (Fsp3) is 0.550. The standard InChI is InChI=1S/C20H32N4O2.HI/c1-5-12-24-13-10-17(11-14-24)23-20(21-3)22-15-16(2)26-19-8-6-18(25-4)7-9-19;/h5-9,16-17H,1,10-15H2,2-4H3,(H2,21,22,23);1H. The predicted octanol–water partition coefficient (Wildman–Crippen LogP) is 2.90. The summed E-state index contributed by atoms with van der Waals surface area (Å²) < 4.78 is 11.1. The topological polar surface area (TPSA) is 58.1 Å². The third-order valence-electron chi connectivity index (χ3n) is 4.49. The second-order valence-electron chi connectivity index (χ2n) is 6.57. The number of halogens is 1. The van der Waals surface area contributed by atoms with Gasteiger partial charge in [-0.15, -0.1) is 30.6 Å². The first-order valence-corrected chi connectivity index (χ1v) is 9.25. The molecule has 1 aromatic carbocycles. The van der Waals surface area contributed by atoms with Crippen molar-refractivity contribution < 1.29 is 9.47 Å². The minimum absolute atomic E-state index is 0. The summed E-state index contributed by atoms with van der Waals surface area (Å²) in [4.78, 5) is 6.75. The molecule has 0 aliphatic carbocycles. The fourth-order valence-electron chi connectivity index (χ4n) is 3.00. The fourth-order valence-corrected chi connectivity index (χ4v) is 3.00. The van der Waals surface area contributed by atoms with Crippen LogP contribution in [0.2, 0.25) is 0 Å². The van der Waals surface area contributed by atoms with Gasteiger partial charge in [0.2, 0.25) is 0 Å². The highest BCUT2D eigenvalue weighted by molar-refractivity contribution is 14.0. The number of ether oxygens (including phenoxy) is 2. The molecule has 7 heteroatoms. The zero-order valence-electron chi connectivity index (χ0n) is 16.6. The highest BCUT2D eigenvalue weighted by Gasteiger charge is 2.19. The van der Waals surface area contributed by atoms with Gasteiger partial charge in [0.15, 0.2) is 5.96 Å². The number of benzene rings is 1. The summed E-state index contributed by atoms with van der Waals surface area (Å²) in [7, 11) is 3.46. The van der Waals surface area contributed by atoms with Crippen molar-refractivity contribution in [2.24, 2.45) is 4.99 Å². The first kappa shape index (κ1) is 23.6. The molecule has 1 aliphatic heterocycles. The van der Waals surface area contributed by atoms with Crippen molar-refractivity contribution in [2.45, 2.75) is 31.9 Å². The minimum atomic E-state index is 0. The summed E-state index contributed by atoms with van der Waals surface area (Å²) in [5.41, 5.74) is 0. The number of piperidine rings is 1. The molecule has 2 N–H and O–H groups in total. The van der Waals surface area contributed by atoms with Gasteiger partial charge in [-0.3, -0.25) is 9.89 Å². The maximum atomic E-state index is 5.92. The molecule has 0 saturated carbocycles. The van der Waals surface area contributed by atoms with Gasteiger partial charge in [-0.2, -0.15) is 0 Å². The quantitative estimate of drug-likeness (QED) is 0.255. The van der Waals surface area contributed by atoms with Crippen molar-refractivity contribution in [1.29, 1.82) is 0 Å². The molecule has 2 rings (SSSR count). The monoisotopic (exact) mass is 488 g/mol. The molecule has 6 nitrogen and oxygen atoms in total. The number of nitrogens with zero attached hydrogens (tertiary/aromatic N) is 2. The molecule has 0 aromatic heterocycles. The predicted molar refractivity (Wildman–Crippen MR) is 123 cm³/mol. The van der Waals surface area contributed by atoms with Crippen LogP contribution in [0.25, 0.3) is 0 Å². The summed E-state index contributed by atoms with van der Waals surface area (Å²) in [6.45, 7) is 9.69. The van der Waals surface area contributed by atoms with Crippen LogP contribution in [0.15, 0.2) is 41.9 Å². The Kier molecular flexibility index (Phi) is 11.2. The summed E-state index contributed by atoms with van der Waals surface area (Å²) >= 11 is 0. The van der Waals surface area contributed by atoms with E-state index in [9.17, 15) is 0 Å². The number of aliphatic imine (C=N–C) groups is 1. The Morgan fingerprint density at radius 3 is 2.48 bits per heavy atom. The maximum absolute atomic E-state index is 5.92. The van der Waals surface area contributed by atoms with Crippen molar-refractivity contribution in [2.75, 3.05) is 40.3 Å². The van der Waals surface area contributed by atoms with Crippen molar-refractivity contribution in [3.63, 3.8) is 0 Å². The molecule has 1 heterocycles. The van der Waals surface area contributed by atoms with E-state index in [1.54, 1.807) is 14.2 Å². The minimum Gasteiger partial charge on any atom is -0.497 e. The number of methoxy groups -OCH3 is 1. The van der Waals surface area contributed by atoms with Crippen LogP contribution in [0.5, 0.6) is 11.5 Å². The molecule has 1 atom stereocenters. The van der Waals surface area contributed by atoms with Crippen LogP contribution < -0.4 is 20.1 Å². The van der Waals surface area contributed by atoms with Crippen molar-refractivity contribution in [3.8, 4) is 11.5 Å². The van der Waals surface area contributed by atoms with Crippen LogP contribution in [0, 0.1) is 0 Å². The third-order valence-corrected chi connectivity index (χ3v) is 4.49. The van der Waals surface area contributed by atoms with Gasteiger partial charge in [0.25, 0.3) is 0 Å². The molecular weight excluding hydrogens is 455 g/mol. The molecule has 27 heavy (non-hydrogen) atoms. The molecule has 1 aliphatic rings. The lowest BCUT2D eigenvalue weighted by Gasteiger charge is -2.32. The van der Waals surface area contributed by atoms with Crippen LogP contribution in [0.1, 0.15) is 19.8 Å². The summed E-state index contributed by atoms with van der Waals surface area (Å²) in [6.07, 6.45) is 4.23. The van der Waals surface area contributed by atoms with Gasteiger partial charge in [-0.1, -0.05) is 6.08 Å². The number of hydrogen-bond acceptors (Lipinski definition) is 4. The van der Waals surface area contributed by atoms with Crippen molar-refractivity contribution >= 4 is 29.9 Å². The van der Waals surface area contributed by atoms with E-state index in [2.05, 4.69) is 27.1 Å². The molecule has 1 aromatic rings. The second kappa shape index (κ2) is 12.8. The first-order valence-electron chi connectivity index (χ1n) is 9.25. The van der Waals surface area contributed by atoms with E-state index >= 15 is 0 Å². The van der Waals surface area contributed by atoms with E-state index < -0.39 is 0 Å². The lowest BCUT2D eigenvalue weighted by Crippen LogP contribution is -2.50. The van der Waals surface area contributed by atoms with Gasteiger partial charge in [0, 0.05) is 32.7 Å². The normalized spacial score (nSPS) is 16.8. The van der Waals surface area contributed by atoms with E-state index in [4.69, 9.17) is 9.47 Å². The average molecular weight is 488 g/mol. The number of guanidine groups is 1.